The van der Waals surface area contributed by atoms with Crippen molar-refractivity contribution in [1.82, 2.24) is 15.2 Å². The Morgan fingerprint density at radius 1 is 1.60 bits per heavy atom. The van der Waals surface area contributed by atoms with Gasteiger partial charge in [0.1, 0.15) is 5.69 Å². The number of hydrogen-bond donors (Lipinski definition) is 2. The van der Waals surface area contributed by atoms with Gasteiger partial charge in [-0.1, -0.05) is 0 Å². The number of nitrogens with two attached hydrogens (primary N) is 1. The van der Waals surface area contributed by atoms with Crippen molar-refractivity contribution in [3.05, 3.63) is 11.9 Å². The van der Waals surface area contributed by atoms with Gasteiger partial charge in [-0.2, -0.15) is 5.10 Å². The van der Waals surface area contributed by atoms with Crippen LogP contribution in [0.3, 0.4) is 0 Å². The quantitative estimate of drug-likeness (QED) is 0.517. The summed E-state index contributed by atoms with van der Waals surface area (Å²) in [6, 6.07) is -0.118. The number of nitrogens with one attached hydrogen (secondary N) is 1. The van der Waals surface area contributed by atoms with Gasteiger partial charge in [0.15, 0.2) is 5.75 Å². The Bertz CT molecular complexity index is 279. The molecule has 1 rings (SSSR count). The monoisotopic (exact) mass is 214 g/mol. The molecule has 0 spiro atoms. The van der Waals surface area contributed by atoms with Gasteiger partial charge >= 0.3 is 0 Å². The molecule has 0 aliphatic rings. The zero-order valence-electron chi connectivity index (χ0n) is 9.36. The molecule has 1 aromatic heterocycles. The van der Waals surface area contributed by atoms with Crippen molar-refractivity contribution in [1.29, 1.82) is 0 Å². The highest BCUT2D eigenvalue weighted by Gasteiger charge is 2.20. The lowest BCUT2D eigenvalue weighted by atomic mass is 10.2. The van der Waals surface area contributed by atoms with Crippen molar-refractivity contribution in [3.63, 3.8) is 0 Å². The lowest BCUT2D eigenvalue weighted by molar-refractivity contribution is 0.162. The predicted molar refractivity (Wildman–Crippen MR) is 56.4 cm³/mol. The van der Waals surface area contributed by atoms with Gasteiger partial charge in [-0.3, -0.25) is 10.5 Å². The predicted octanol–water partition coefficient (Wildman–Crippen LogP) is 0.0624. The Morgan fingerprint density at radius 3 is 2.80 bits per heavy atom. The normalized spacial score (nSPS) is 12.8. The second-order valence-electron chi connectivity index (χ2n) is 3.09. The van der Waals surface area contributed by atoms with Crippen LogP contribution in [-0.4, -0.2) is 30.6 Å². The Balaban J connectivity index is 3.00. The van der Waals surface area contributed by atoms with E-state index in [1.807, 2.05) is 11.6 Å². The maximum absolute atomic E-state index is 5.47. The molecule has 0 aliphatic heterocycles. The fourth-order valence-electron chi connectivity index (χ4n) is 1.51. The van der Waals surface area contributed by atoms with Crippen molar-refractivity contribution in [2.24, 2.45) is 5.84 Å². The molecule has 15 heavy (non-hydrogen) atoms. The lowest BCUT2D eigenvalue weighted by Crippen LogP contribution is -2.33. The first-order valence-electron chi connectivity index (χ1n) is 4.83. The van der Waals surface area contributed by atoms with Gasteiger partial charge < -0.3 is 9.47 Å². The number of hydrazine groups is 1. The van der Waals surface area contributed by atoms with E-state index in [1.54, 1.807) is 20.4 Å². The molecule has 0 fully saturated rings. The van der Waals surface area contributed by atoms with Crippen LogP contribution in [0.25, 0.3) is 0 Å². The van der Waals surface area contributed by atoms with Crippen LogP contribution in [0.15, 0.2) is 6.20 Å². The summed E-state index contributed by atoms with van der Waals surface area (Å²) in [7, 11) is 3.24. The molecule has 0 saturated heterocycles. The van der Waals surface area contributed by atoms with Gasteiger partial charge in [0.25, 0.3) is 0 Å². The molecule has 6 heteroatoms. The summed E-state index contributed by atoms with van der Waals surface area (Å²) < 4.78 is 12.1. The fraction of sp³-hybridized carbons (Fsp3) is 0.667. The van der Waals surface area contributed by atoms with Crippen molar-refractivity contribution < 1.29 is 9.47 Å². The number of aryl methyl sites for hydroxylation is 1. The van der Waals surface area contributed by atoms with E-state index in [0.29, 0.717) is 6.61 Å². The molecule has 1 aromatic rings. The van der Waals surface area contributed by atoms with E-state index in [-0.39, 0.29) is 6.04 Å². The number of hydrogen-bond acceptors (Lipinski definition) is 5. The third-order valence-electron chi connectivity index (χ3n) is 2.23. The van der Waals surface area contributed by atoms with Gasteiger partial charge in [0.05, 0.1) is 26.0 Å². The minimum absolute atomic E-state index is 0.118. The van der Waals surface area contributed by atoms with Crippen LogP contribution in [0.5, 0.6) is 5.75 Å². The van der Waals surface area contributed by atoms with Crippen molar-refractivity contribution >= 4 is 0 Å². The number of aromatic nitrogens is 2. The summed E-state index contributed by atoms with van der Waals surface area (Å²) in [5.74, 6) is 6.19. The molecule has 1 unspecified atom stereocenters. The first-order valence-corrected chi connectivity index (χ1v) is 4.83. The molecule has 86 valence electrons. The number of nitrogens with zero attached hydrogens (tertiary/aromatic N) is 2. The summed E-state index contributed by atoms with van der Waals surface area (Å²) in [5.41, 5.74) is 3.60. The van der Waals surface area contributed by atoms with E-state index in [2.05, 4.69) is 10.5 Å². The smallest absolute Gasteiger partial charge is 0.161 e. The van der Waals surface area contributed by atoms with Gasteiger partial charge in [0, 0.05) is 13.7 Å². The van der Waals surface area contributed by atoms with Crippen LogP contribution >= 0.6 is 0 Å². The fourth-order valence-corrected chi connectivity index (χ4v) is 1.51. The molecule has 0 radical (unpaired) electrons. The van der Waals surface area contributed by atoms with E-state index < -0.39 is 0 Å². The Kier molecular flexibility index (Phi) is 4.54. The SMILES string of the molecule is CCn1ncc(OC)c1C(COC)NN. The second-order valence-corrected chi connectivity index (χ2v) is 3.09. The van der Waals surface area contributed by atoms with Crippen LogP contribution in [0.4, 0.5) is 0 Å². The molecule has 1 atom stereocenters. The second kappa shape index (κ2) is 5.69. The van der Waals surface area contributed by atoms with Crippen LogP contribution in [0, 0.1) is 0 Å². The van der Waals surface area contributed by atoms with Gasteiger partial charge in [-0.15, -0.1) is 0 Å². The standard InChI is InChI=1S/C9H18N4O2/c1-4-13-9(7(12-10)6-14-2)8(15-3)5-11-13/h5,7,12H,4,6,10H2,1-3H3. The maximum atomic E-state index is 5.47. The lowest BCUT2D eigenvalue weighted by Gasteiger charge is -2.17. The molecule has 1 heterocycles. The molecule has 0 saturated carbocycles. The number of methoxy groups -OCH3 is 2. The van der Waals surface area contributed by atoms with E-state index >= 15 is 0 Å². The van der Waals surface area contributed by atoms with Crippen molar-refractivity contribution in [3.8, 4) is 5.75 Å². The van der Waals surface area contributed by atoms with Gasteiger partial charge in [0.2, 0.25) is 0 Å². The summed E-state index contributed by atoms with van der Waals surface area (Å²) in [5, 5.41) is 4.20. The number of ether oxygens (including phenoxy) is 2. The molecule has 0 aromatic carbocycles. The molecule has 0 bridgehead atoms. The Hall–Kier alpha value is -1.11. The zero-order valence-corrected chi connectivity index (χ0v) is 9.36. The first-order chi connectivity index (χ1) is 7.28. The van der Waals surface area contributed by atoms with Gasteiger partial charge in [-0.25, -0.2) is 5.43 Å². The summed E-state index contributed by atoms with van der Waals surface area (Å²) in [4.78, 5) is 0. The Morgan fingerprint density at radius 2 is 2.33 bits per heavy atom. The number of rotatable bonds is 6. The third-order valence-corrected chi connectivity index (χ3v) is 2.23. The molecule has 6 nitrogen and oxygen atoms in total. The molecule has 0 amide bonds. The molecular formula is C9H18N4O2. The zero-order chi connectivity index (χ0) is 11.3. The highest BCUT2D eigenvalue weighted by molar-refractivity contribution is 5.28. The highest BCUT2D eigenvalue weighted by atomic mass is 16.5. The van der Waals surface area contributed by atoms with Crippen molar-refractivity contribution in [2.45, 2.75) is 19.5 Å². The largest absolute Gasteiger partial charge is 0.493 e. The average molecular weight is 214 g/mol. The minimum atomic E-state index is -0.118. The third kappa shape index (κ3) is 2.47. The summed E-state index contributed by atoms with van der Waals surface area (Å²) in [6.07, 6.45) is 1.68. The average Bonchev–Trinajstić information content (AvgIpc) is 2.68. The first kappa shape index (κ1) is 12.0. The van der Waals surface area contributed by atoms with E-state index in [1.165, 1.54) is 0 Å². The highest BCUT2D eigenvalue weighted by Crippen LogP contribution is 2.24. The van der Waals surface area contributed by atoms with Crippen LogP contribution < -0.4 is 16.0 Å². The van der Waals surface area contributed by atoms with Crippen LogP contribution in [0.1, 0.15) is 18.7 Å². The Labute approximate surface area is 89.3 Å². The summed E-state index contributed by atoms with van der Waals surface area (Å²) in [6.45, 7) is 3.25. The van der Waals surface area contributed by atoms with Crippen molar-refractivity contribution in [2.75, 3.05) is 20.8 Å². The minimum Gasteiger partial charge on any atom is -0.493 e. The van der Waals surface area contributed by atoms with E-state index in [0.717, 1.165) is 18.0 Å². The maximum Gasteiger partial charge on any atom is 0.161 e. The van der Waals surface area contributed by atoms with Crippen LogP contribution in [0.2, 0.25) is 0 Å². The molecule has 3 N–H and O–H groups in total. The summed E-state index contributed by atoms with van der Waals surface area (Å²) >= 11 is 0. The topological polar surface area (TPSA) is 74.3 Å². The van der Waals surface area contributed by atoms with E-state index in [4.69, 9.17) is 15.3 Å². The van der Waals surface area contributed by atoms with E-state index in [9.17, 15) is 0 Å². The van der Waals surface area contributed by atoms with Gasteiger partial charge in [-0.05, 0) is 6.92 Å². The van der Waals surface area contributed by atoms with Crippen LogP contribution in [-0.2, 0) is 11.3 Å². The molecule has 0 aliphatic carbocycles. The molecular weight excluding hydrogens is 196 g/mol.